The molecular weight excluding hydrogens is 548 g/mol. The predicted molar refractivity (Wildman–Crippen MR) is 128 cm³/mol. The summed E-state index contributed by atoms with van der Waals surface area (Å²) in [5.74, 6) is -0.209. The predicted octanol–water partition coefficient (Wildman–Crippen LogP) is 1.03. The van der Waals surface area contributed by atoms with E-state index in [1.165, 1.54) is 12.1 Å². The van der Waals surface area contributed by atoms with Crippen LogP contribution in [0.15, 0.2) is 27.8 Å². The van der Waals surface area contributed by atoms with Gasteiger partial charge in [0.2, 0.25) is 5.96 Å². The Kier molecular flexibility index (Phi) is 9.32. The molecule has 1 aromatic carbocycles. The number of nitrogens with two attached hydrogens (primary N) is 1. The number of aromatic nitrogens is 2. The lowest BCUT2D eigenvalue weighted by Gasteiger charge is -2.26. The minimum Gasteiger partial charge on any atom is -0.379 e. The second-order valence-corrected chi connectivity index (χ2v) is 7.80. The number of benzene rings is 1. The van der Waals surface area contributed by atoms with E-state index in [0.29, 0.717) is 41.1 Å². The molecule has 2 aromatic rings. The van der Waals surface area contributed by atoms with Crippen LogP contribution in [-0.4, -0.2) is 72.4 Å². The van der Waals surface area contributed by atoms with Crippen molar-refractivity contribution < 1.29 is 18.6 Å². The highest BCUT2D eigenvalue weighted by Crippen LogP contribution is 2.18. The first kappa shape index (κ1) is 24.8. The highest BCUT2D eigenvalue weighted by Gasteiger charge is 2.17. The van der Waals surface area contributed by atoms with Gasteiger partial charge in [-0.2, -0.15) is 4.99 Å². The van der Waals surface area contributed by atoms with Crippen molar-refractivity contribution in [1.82, 2.24) is 25.8 Å². The number of carbonyl (C=O) groups is 1. The van der Waals surface area contributed by atoms with Crippen LogP contribution < -0.4 is 21.7 Å². The van der Waals surface area contributed by atoms with Crippen LogP contribution >= 0.6 is 22.6 Å². The Morgan fingerprint density at radius 2 is 2.09 bits per heavy atom. The number of hydrogen-bond acceptors (Lipinski definition) is 7. The van der Waals surface area contributed by atoms with Crippen LogP contribution in [0.3, 0.4) is 0 Å². The van der Waals surface area contributed by atoms with Crippen molar-refractivity contribution in [3.8, 4) is 0 Å². The number of morpholine rings is 1. The average Bonchev–Trinajstić information content (AvgIpc) is 3.28. The van der Waals surface area contributed by atoms with E-state index in [-0.39, 0.29) is 29.9 Å². The van der Waals surface area contributed by atoms with Crippen molar-refractivity contribution >= 4 is 46.1 Å². The Hall–Kier alpha value is -2.85. The minimum atomic E-state index is -0.855. The van der Waals surface area contributed by atoms with E-state index >= 15 is 0 Å². The fourth-order valence-electron chi connectivity index (χ4n) is 3.05. The lowest BCUT2D eigenvalue weighted by molar-refractivity contribution is 0.0389. The number of ether oxygens (including phenoxy) is 1. The highest BCUT2D eigenvalue weighted by molar-refractivity contribution is 14.1. The molecule has 1 aliphatic heterocycles. The second-order valence-electron chi connectivity index (χ2n) is 7.03. The van der Waals surface area contributed by atoms with Crippen LogP contribution in [0.2, 0.25) is 0 Å². The summed E-state index contributed by atoms with van der Waals surface area (Å²) >= 11 is 2.07. The number of hydrogen-bond donors (Lipinski definition) is 5. The van der Waals surface area contributed by atoms with E-state index in [2.05, 4.69) is 58.7 Å². The molecule has 0 saturated carbocycles. The number of alkyl halides is 1. The van der Waals surface area contributed by atoms with Gasteiger partial charge in [-0.25, -0.2) is 13.8 Å². The topological polar surface area (TPSA) is 167 Å². The van der Waals surface area contributed by atoms with Crippen LogP contribution in [0.1, 0.15) is 17.0 Å². The van der Waals surface area contributed by atoms with Crippen LogP contribution in [0, 0.1) is 11.2 Å². The normalized spacial score (nSPS) is 14.7. The van der Waals surface area contributed by atoms with Gasteiger partial charge in [0.05, 0.1) is 19.8 Å². The van der Waals surface area contributed by atoms with E-state index in [1.54, 1.807) is 6.07 Å². The maximum Gasteiger partial charge on any atom is 0.341 e. The maximum atomic E-state index is 13.7. The van der Waals surface area contributed by atoms with Gasteiger partial charge in [0.1, 0.15) is 11.5 Å². The summed E-state index contributed by atoms with van der Waals surface area (Å²) in [6.45, 7) is 4.41. The fourth-order valence-corrected chi connectivity index (χ4v) is 3.63. The molecule has 6 N–H and O–H groups in total. The summed E-state index contributed by atoms with van der Waals surface area (Å²) < 4.78 is 24.3. The molecule has 178 valence electrons. The van der Waals surface area contributed by atoms with Crippen molar-refractivity contribution in [3.05, 3.63) is 41.0 Å². The first-order valence-corrected chi connectivity index (χ1v) is 11.7. The van der Waals surface area contributed by atoms with Crippen LogP contribution in [0.25, 0.3) is 0 Å². The zero-order valence-electron chi connectivity index (χ0n) is 17.7. The second kappa shape index (κ2) is 12.4. The summed E-state index contributed by atoms with van der Waals surface area (Å²) in [7, 11) is 0. The molecule has 3 rings (SSSR count). The first-order valence-electron chi connectivity index (χ1n) is 10.1. The number of nitrogens with one attached hydrogen (secondary N) is 4. The Morgan fingerprint density at radius 1 is 1.30 bits per heavy atom. The number of amidine groups is 1. The Labute approximate surface area is 203 Å². The molecule has 0 spiro atoms. The van der Waals surface area contributed by atoms with Crippen molar-refractivity contribution in [3.63, 3.8) is 0 Å². The molecule has 0 aliphatic carbocycles. The van der Waals surface area contributed by atoms with Gasteiger partial charge in [0.25, 0.3) is 0 Å². The lowest BCUT2D eigenvalue weighted by atomic mass is 10.2. The molecule has 1 saturated heterocycles. The van der Waals surface area contributed by atoms with Crippen LogP contribution in [0.4, 0.5) is 14.9 Å². The molecule has 0 atom stereocenters. The van der Waals surface area contributed by atoms with Crippen LogP contribution in [0.5, 0.6) is 0 Å². The number of amides is 2. The number of urea groups is 1. The molecule has 2 amide bonds. The fraction of sp³-hybridized carbons (Fsp3) is 0.421. The SMILES string of the molecule is N=C(Nc1ccc(F)c(CI)c1)c1nonc1CNC(=NC(N)=O)NCCN1CCOCC1. The molecular formula is C19H25FIN9O3. The number of anilines is 1. The molecule has 0 radical (unpaired) electrons. The average molecular weight is 573 g/mol. The van der Waals surface area contributed by atoms with Gasteiger partial charge in [-0.05, 0) is 28.9 Å². The smallest absolute Gasteiger partial charge is 0.341 e. The molecule has 1 fully saturated rings. The van der Waals surface area contributed by atoms with E-state index in [1.807, 2.05) is 0 Å². The Morgan fingerprint density at radius 3 is 2.82 bits per heavy atom. The van der Waals surface area contributed by atoms with Crippen LogP contribution in [-0.2, 0) is 15.7 Å². The van der Waals surface area contributed by atoms with E-state index < -0.39 is 6.03 Å². The standard InChI is InChI=1S/C19H25FIN9O3/c20-14-2-1-13(9-12(14)10-21)26-17(22)16-15(28-33-29-16)11-25-19(27-18(23)31)24-3-4-30-5-7-32-8-6-30/h1-2,9H,3-8,10-11H2,(H2,22,26)(H4,23,24,25,27,31). The van der Waals surface area contributed by atoms with Gasteiger partial charge >= 0.3 is 6.03 Å². The number of aliphatic imine (C=N–C) groups is 1. The molecule has 2 heterocycles. The molecule has 12 nitrogen and oxygen atoms in total. The molecule has 14 heteroatoms. The summed E-state index contributed by atoms with van der Waals surface area (Å²) in [4.78, 5) is 17.3. The molecule has 1 aliphatic rings. The monoisotopic (exact) mass is 573 g/mol. The molecule has 1 aromatic heterocycles. The van der Waals surface area contributed by atoms with Gasteiger partial charge < -0.3 is 26.4 Å². The minimum absolute atomic E-state index is 0.0714. The Bertz CT molecular complexity index is 995. The zero-order valence-corrected chi connectivity index (χ0v) is 19.9. The third kappa shape index (κ3) is 7.61. The lowest BCUT2D eigenvalue weighted by Crippen LogP contribution is -2.44. The van der Waals surface area contributed by atoms with Gasteiger partial charge in [0.15, 0.2) is 11.5 Å². The van der Waals surface area contributed by atoms with Gasteiger partial charge in [0, 0.05) is 36.3 Å². The van der Waals surface area contributed by atoms with E-state index in [0.717, 1.165) is 19.6 Å². The molecule has 33 heavy (non-hydrogen) atoms. The number of guanidine groups is 1. The van der Waals surface area contributed by atoms with Gasteiger partial charge in [-0.15, -0.1) is 0 Å². The maximum absolute atomic E-state index is 13.7. The highest BCUT2D eigenvalue weighted by atomic mass is 127. The summed E-state index contributed by atoms with van der Waals surface area (Å²) in [5, 5.41) is 24.7. The number of nitrogens with zero attached hydrogens (tertiary/aromatic N) is 4. The summed E-state index contributed by atoms with van der Waals surface area (Å²) in [5.41, 5.74) is 6.74. The number of primary amides is 1. The quantitative estimate of drug-likeness (QED) is 0.134. The van der Waals surface area contributed by atoms with E-state index in [9.17, 15) is 9.18 Å². The van der Waals surface area contributed by atoms with Crippen molar-refractivity contribution in [2.75, 3.05) is 44.7 Å². The zero-order chi connectivity index (χ0) is 23.6. The largest absolute Gasteiger partial charge is 0.379 e. The summed E-state index contributed by atoms with van der Waals surface area (Å²) in [6, 6.07) is 3.63. The van der Waals surface area contributed by atoms with Crippen molar-refractivity contribution in [1.29, 1.82) is 5.41 Å². The molecule has 0 unspecified atom stereocenters. The number of halogens is 2. The third-order valence-electron chi connectivity index (χ3n) is 4.72. The Balaban J connectivity index is 1.57. The number of carbonyl (C=O) groups excluding carboxylic acids is 1. The van der Waals surface area contributed by atoms with Crippen molar-refractivity contribution in [2.24, 2.45) is 10.7 Å². The summed E-state index contributed by atoms with van der Waals surface area (Å²) in [6.07, 6.45) is 0. The van der Waals surface area contributed by atoms with E-state index in [4.69, 9.17) is 20.5 Å². The third-order valence-corrected chi connectivity index (χ3v) is 5.54. The first-order chi connectivity index (χ1) is 16.0. The van der Waals surface area contributed by atoms with Crippen molar-refractivity contribution in [2.45, 2.75) is 11.0 Å². The van der Waals surface area contributed by atoms with Gasteiger partial charge in [-0.1, -0.05) is 27.7 Å². The number of rotatable bonds is 8. The van der Waals surface area contributed by atoms with Gasteiger partial charge in [-0.3, -0.25) is 10.3 Å². The molecule has 0 bridgehead atoms.